The molecule has 0 amide bonds. The number of H-pyrrole nitrogens is 1. The van der Waals surface area contributed by atoms with Crippen molar-refractivity contribution in [1.82, 2.24) is 14.5 Å². The van der Waals surface area contributed by atoms with Crippen LogP contribution in [0.2, 0.25) is 0 Å². The van der Waals surface area contributed by atoms with Gasteiger partial charge in [0.2, 0.25) is 5.43 Å². The molecule has 0 saturated carbocycles. The number of hydrogen-bond donors (Lipinski definition) is 1. The van der Waals surface area contributed by atoms with Gasteiger partial charge in [-0.1, -0.05) is 37.3 Å². The summed E-state index contributed by atoms with van der Waals surface area (Å²) in [5.41, 5.74) is 2.22. The highest BCUT2D eigenvalue weighted by Gasteiger charge is 2.17. The first-order chi connectivity index (χ1) is 14.1. The summed E-state index contributed by atoms with van der Waals surface area (Å²) in [6.07, 6.45) is 3.91. The first-order valence-electron chi connectivity index (χ1n) is 9.47. The topological polar surface area (TPSA) is 77.0 Å². The molecule has 4 aromatic rings. The van der Waals surface area contributed by atoms with E-state index in [1.165, 1.54) is 28.3 Å². The van der Waals surface area contributed by atoms with Crippen LogP contribution in [0.5, 0.6) is 5.75 Å². The lowest BCUT2D eigenvalue weighted by atomic mass is 10.0. The van der Waals surface area contributed by atoms with Crippen molar-refractivity contribution >= 4 is 21.6 Å². The molecule has 4 rings (SSSR count). The quantitative estimate of drug-likeness (QED) is 0.525. The fraction of sp³-hybridized carbons (Fsp3) is 0.227. The van der Waals surface area contributed by atoms with Gasteiger partial charge in [0.05, 0.1) is 24.9 Å². The Hall–Kier alpha value is -3.19. The number of nitrogens with zero attached hydrogens (tertiary/aromatic N) is 2. The van der Waals surface area contributed by atoms with Crippen LogP contribution in [0, 0.1) is 6.92 Å². The Morgan fingerprint density at radius 2 is 2.00 bits per heavy atom. The molecule has 1 N–H and O–H groups in total. The van der Waals surface area contributed by atoms with Gasteiger partial charge in [-0.25, -0.2) is 4.98 Å². The van der Waals surface area contributed by atoms with Crippen molar-refractivity contribution in [3.8, 4) is 16.9 Å². The van der Waals surface area contributed by atoms with Gasteiger partial charge in [-0.15, -0.1) is 11.3 Å². The predicted octanol–water partition coefficient (Wildman–Crippen LogP) is 3.96. The molecule has 0 fully saturated rings. The summed E-state index contributed by atoms with van der Waals surface area (Å²) >= 11 is 1.52. The van der Waals surface area contributed by atoms with Crippen LogP contribution in [-0.2, 0) is 6.54 Å². The maximum absolute atomic E-state index is 13.2. The van der Waals surface area contributed by atoms with Gasteiger partial charge in [-0.2, -0.15) is 0 Å². The van der Waals surface area contributed by atoms with Crippen LogP contribution >= 0.6 is 11.3 Å². The first-order valence-corrected chi connectivity index (χ1v) is 10.3. The van der Waals surface area contributed by atoms with E-state index >= 15 is 0 Å². The van der Waals surface area contributed by atoms with Gasteiger partial charge in [0.1, 0.15) is 4.83 Å². The number of benzene rings is 1. The zero-order valence-electron chi connectivity index (χ0n) is 16.3. The molecule has 0 atom stereocenters. The van der Waals surface area contributed by atoms with E-state index in [4.69, 9.17) is 4.74 Å². The fourth-order valence-electron chi connectivity index (χ4n) is 3.30. The maximum atomic E-state index is 13.2. The molecule has 0 spiro atoms. The van der Waals surface area contributed by atoms with Crippen molar-refractivity contribution < 1.29 is 4.74 Å². The summed E-state index contributed by atoms with van der Waals surface area (Å²) in [4.78, 5) is 34.8. The highest BCUT2D eigenvalue weighted by atomic mass is 32.1. The molecule has 29 heavy (non-hydrogen) atoms. The van der Waals surface area contributed by atoms with Crippen LogP contribution in [0.1, 0.15) is 23.9 Å². The second-order valence-corrected chi connectivity index (χ2v) is 8.00. The average molecular weight is 407 g/mol. The van der Waals surface area contributed by atoms with Crippen LogP contribution in [0.4, 0.5) is 0 Å². The van der Waals surface area contributed by atoms with E-state index in [0.29, 0.717) is 17.7 Å². The third-order valence-corrected chi connectivity index (χ3v) is 5.67. The van der Waals surface area contributed by atoms with Gasteiger partial charge in [0.25, 0.3) is 5.56 Å². The van der Waals surface area contributed by atoms with Gasteiger partial charge in [-0.3, -0.25) is 14.2 Å². The monoisotopic (exact) mass is 407 g/mol. The zero-order valence-corrected chi connectivity index (χ0v) is 17.1. The Labute approximate surface area is 171 Å². The maximum Gasteiger partial charge on any atom is 0.263 e. The summed E-state index contributed by atoms with van der Waals surface area (Å²) in [7, 11) is 0. The van der Waals surface area contributed by atoms with Crippen LogP contribution in [0.25, 0.3) is 21.3 Å². The van der Waals surface area contributed by atoms with E-state index in [1.807, 2.05) is 44.2 Å². The lowest BCUT2D eigenvalue weighted by Crippen LogP contribution is -2.22. The summed E-state index contributed by atoms with van der Waals surface area (Å²) < 4.78 is 6.94. The Kier molecular flexibility index (Phi) is 5.31. The molecule has 0 aliphatic heterocycles. The summed E-state index contributed by atoms with van der Waals surface area (Å²) in [6.45, 7) is 4.70. The lowest BCUT2D eigenvalue weighted by Gasteiger charge is -2.08. The molecule has 0 unspecified atom stereocenters. The SMILES string of the molecule is CCCOc1c[nH]c(Cn2cnc3sc(C)c(-c4ccccc4)c3c2=O)cc1=O. The molecule has 148 valence electrons. The van der Waals surface area contributed by atoms with Gasteiger partial charge >= 0.3 is 0 Å². The number of pyridine rings is 1. The summed E-state index contributed by atoms with van der Waals surface area (Å²) in [5.74, 6) is 0.288. The largest absolute Gasteiger partial charge is 0.488 e. The Balaban J connectivity index is 1.74. The minimum absolute atomic E-state index is 0.120. The van der Waals surface area contributed by atoms with E-state index in [9.17, 15) is 9.59 Å². The molecule has 6 nitrogen and oxygen atoms in total. The second kappa shape index (κ2) is 8.05. The third kappa shape index (κ3) is 3.73. The number of hydrogen-bond acceptors (Lipinski definition) is 5. The van der Waals surface area contributed by atoms with Gasteiger partial charge in [-0.05, 0) is 18.9 Å². The van der Waals surface area contributed by atoms with E-state index in [1.54, 1.807) is 6.20 Å². The first kappa shape index (κ1) is 19.1. The Morgan fingerprint density at radius 1 is 1.21 bits per heavy atom. The van der Waals surface area contributed by atoms with Crippen molar-refractivity contribution in [3.63, 3.8) is 0 Å². The number of ether oxygens (including phenoxy) is 1. The number of aryl methyl sites for hydroxylation is 1. The molecule has 3 aromatic heterocycles. The highest BCUT2D eigenvalue weighted by Crippen LogP contribution is 2.35. The van der Waals surface area contributed by atoms with Crippen molar-refractivity contribution in [2.45, 2.75) is 26.8 Å². The van der Waals surface area contributed by atoms with Crippen LogP contribution in [0.3, 0.4) is 0 Å². The molecule has 0 aliphatic carbocycles. The molecular formula is C22H21N3O3S. The van der Waals surface area contributed by atoms with Crippen LogP contribution in [-0.4, -0.2) is 21.1 Å². The van der Waals surface area contributed by atoms with Crippen LogP contribution in [0.15, 0.2) is 58.5 Å². The third-order valence-electron chi connectivity index (χ3n) is 4.66. The van der Waals surface area contributed by atoms with Gasteiger partial charge in [0, 0.05) is 28.4 Å². The van der Waals surface area contributed by atoms with Gasteiger partial charge in [0.15, 0.2) is 5.75 Å². The standard InChI is InChI=1S/C22H21N3O3S/c1-3-9-28-18-11-23-16(10-17(18)26)12-25-13-24-21-20(22(25)27)19(14(2)29-21)15-7-5-4-6-8-15/h4-8,10-11,13H,3,9,12H2,1-2H3,(H,23,26). The zero-order chi connectivity index (χ0) is 20.4. The summed E-state index contributed by atoms with van der Waals surface area (Å²) in [5, 5.41) is 0.617. The molecule has 0 bridgehead atoms. The fourth-order valence-corrected chi connectivity index (χ4v) is 4.31. The van der Waals surface area contributed by atoms with E-state index < -0.39 is 0 Å². The van der Waals surface area contributed by atoms with Crippen molar-refractivity contribution in [1.29, 1.82) is 0 Å². The van der Waals surface area contributed by atoms with E-state index in [0.717, 1.165) is 27.3 Å². The smallest absolute Gasteiger partial charge is 0.263 e. The molecule has 0 radical (unpaired) electrons. The Morgan fingerprint density at radius 3 is 2.72 bits per heavy atom. The number of aromatic nitrogens is 3. The van der Waals surface area contributed by atoms with Gasteiger partial charge < -0.3 is 9.72 Å². The molecule has 0 saturated heterocycles. The van der Waals surface area contributed by atoms with Crippen LogP contribution < -0.4 is 15.7 Å². The minimum Gasteiger partial charge on any atom is -0.488 e. The normalized spacial score (nSPS) is 11.1. The van der Waals surface area contributed by atoms with Crippen molar-refractivity contribution in [2.24, 2.45) is 0 Å². The van der Waals surface area contributed by atoms with Crippen molar-refractivity contribution in [3.05, 3.63) is 80.1 Å². The predicted molar refractivity (Wildman–Crippen MR) is 116 cm³/mol. The molecule has 3 heterocycles. The number of rotatable bonds is 6. The number of thiophene rings is 1. The number of fused-ring (bicyclic) bond motifs is 1. The lowest BCUT2D eigenvalue weighted by molar-refractivity contribution is 0.313. The molecule has 0 aliphatic rings. The minimum atomic E-state index is -0.203. The van der Waals surface area contributed by atoms with E-state index in [-0.39, 0.29) is 23.3 Å². The van der Waals surface area contributed by atoms with E-state index in [2.05, 4.69) is 9.97 Å². The number of nitrogens with one attached hydrogen (secondary N) is 1. The van der Waals surface area contributed by atoms with Crippen molar-refractivity contribution in [2.75, 3.05) is 6.61 Å². The average Bonchev–Trinajstić information content (AvgIpc) is 3.07. The highest BCUT2D eigenvalue weighted by molar-refractivity contribution is 7.19. The molecule has 1 aromatic carbocycles. The second-order valence-electron chi connectivity index (χ2n) is 6.79. The Bertz CT molecular complexity index is 1270. The molecule has 7 heteroatoms. The summed E-state index contributed by atoms with van der Waals surface area (Å²) in [6, 6.07) is 11.3. The number of aromatic amines is 1. The molecular weight excluding hydrogens is 386 g/mol.